The van der Waals surface area contributed by atoms with Gasteiger partial charge in [0.25, 0.3) is 0 Å². The van der Waals surface area contributed by atoms with Gasteiger partial charge in [-0.15, -0.1) is 0 Å². The lowest BCUT2D eigenvalue weighted by Crippen LogP contribution is -2.62. The fourth-order valence-electron chi connectivity index (χ4n) is 5.17. The molecule has 0 heterocycles. The smallest absolute Gasteiger partial charge is 0.141 e. The number of aliphatic hydroxyl groups excluding tert-OH is 2. The van der Waals surface area contributed by atoms with Crippen molar-refractivity contribution in [1.82, 2.24) is 4.90 Å². The fraction of sp³-hybridized carbons (Fsp3) is 0.200. The van der Waals surface area contributed by atoms with Crippen molar-refractivity contribution in [3.63, 3.8) is 0 Å². The molecule has 0 aliphatic rings. The number of aliphatic hydroxyl groups is 3. The molecular weight excluding hydrogens is 422 g/mol. The van der Waals surface area contributed by atoms with Gasteiger partial charge in [0.05, 0.1) is 13.2 Å². The summed E-state index contributed by atoms with van der Waals surface area (Å²) >= 11 is 0. The van der Waals surface area contributed by atoms with Gasteiger partial charge in [0.2, 0.25) is 0 Å². The van der Waals surface area contributed by atoms with E-state index in [9.17, 15) is 15.3 Å². The Balaban J connectivity index is 2.20. The molecule has 0 saturated heterocycles. The lowest BCUT2D eigenvalue weighted by atomic mass is 9.63. The van der Waals surface area contributed by atoms with Crippen LogP contribution < -0.4 is 0 Å². The SMILES string of the molecule is OCCN(CCO)C(c1ccccc1)(c1ccccc1)C(O)(c1ccccc1)c1ccccc1. The number of rotatable bonds is 10. The molecule has 4 heteroatoms. The predicted octanol–water partition coefficient (Wildman–Crippen LogP) is 4.15. The molecule has 0 spiro atoms. The summed E-state index contributed by atoms with van der Waals surface area (Å²) in [5.74, 6) is 0. The van der Waals surface area contributed by atoms with E-state index in [2.05, 4.69) is 0 Å². The van der Waals surface area contributed by atoms with Gasteiger partial charge in [-0.1, -0.05) is 121 Å². The minimum atomic E-state index is -1.57. The van der Waals surface area contributed by atoms with E-state index in [1.54, 1.807) is 0 Å². The highest BCUT2D eigenvalue weighted by atomic mass is 16.3. The molecule has 0 amide bonds. The van der Waals surface area contributed by atoms with E-state index in [4.69, 9.17) is 0 Å². The van der Waals surface area contributed by atoms with Crippen LogP contribution in [-0.2, 0) is 11.1 Å². The summed E-state index contributed by atoms with van der Waals surface area (Å²) in [6.07, 6.45) is 0. The molecular formula is C30H31NO3. The molecule has 0 radical (unpaired) electrons. The van der Waals surface area contributed by atoms with Crippen molar-refractivity contribution >= 4 is 0 Å². The zero-order chi connectivity index (χ0) is 23.9. The molecule has 0 bridgehead atoms. The summed E-state index contributed by atoms with van der Waals surface area (Å²) in [7, 11) is 0. The molecule has 4 aromatic carbocycles. The van der Waals surface area contributed by atoms with Gasteiger partial charge in [0.1, 0.15) is 11.1 Å². The Bertz CT molecular complexity index is 1050. The van der Waals surface area contributed by atoms with Crippen molar-refractivity contribution in [3.8, 4) is 0 Å². The zero-order valence-electron chi connectivity index (χ0n) is 19.2. The Morgan fingerprint density at radius 3 is 1.06 bits per heavy atom. The molecule has 4 nitrogen and oxygen atoms in total. The molecule has 0 atom stereocenters. The molecule has 4 aromatic rings. The van der Waals surface area contributed by atoms with Gasteiger partial charge >= 0.3 is 0 Å². The lowest BCUT2D eigenvalue weighted by molar-refractivity contribution is -0.0842. The van der Waals surface area contributed by atoms with E-state index in [0.29, 0.717) is 0 Å². The third kappa shape index (κ3) is 4.06. The van der Waals surface area contributed by atoms with E-state index in [0.717, 1.165) is 22.3 Å². The van der Waals surface area contributed by atoms with Crippen LogP contribution in [0.25, 0.3) is 0 Å². The first-order chi connectivity index (χ1) is 16.7. The monoisotopic (exact) mass is 453 g/mol. The van der Waals surface area contributed by atoms with E-state index in [-0.39, 0.29) is 26.3 Å². The molecule has 34 heavy (non-hydrogen) atoms. The van der Waals surface area contributed by atoms with Gasteiger partial charge < -0.3 is 15.3 Å². The van der Waals surface area contributed by atoms with Gasteiger partial charge in [-0.25, -0.2) is 0 Å². The van der Waals surface area contributed by atoms with Crippen LogP contribution in [0, 0.1) is 0 Å². The number of nitrogens with zero attached hydrogens (tertiary/aromatic N) is 1. The maximum Gasteiger partial charge on any atom is 0.141 e. The minimum Gasteiger partial charge on any atom is -0.395 e. The van der Waals surface area contributed by atoms with Crippen molar-refractivity contribution in [2.75, 3.05) is 26.3 Å². The fourth-order valence-corrected chi connectivity index (χ4v) is 5.17. The van der Waals surface area contributed by atoms with Crippen LogP contribution >= 0.6 is 0 Å². The van der Waals surface area contributed by atoms with E-state index >= 15 is 0 Å². The first kappa shape index (κ1) is 23.9. The Hall–Kier alpha value is -3.28. The summed E-state index contributed by atoms with van der Waals surface area (Å²) in [6, 6.07) is 39.0. The number of hydrogen-bond acceptors (Lipinski definition) is 4. The van der Waals surface area contributed by atoms with Crippen LogP contribution in [-0.4, -0.2) is 46.5 Å². The maximum atomic E-state index is 13.2. The second-order valence-electron chi connectivity index (χ2n) is 8.32. The van der Waals surface area contributed by atoms with Crippen LogP contribution in [0.3, 0.4) is 0 Å². The van der Waals surface area contributed by atoms with Crippen LogP contribution in [0.1, 0.15) is 22.3 Å². The van der Waals surface area contributed by atoms with Gasteiger partial charge in [0, 0.05) is 13.1 Å². The molecule has 0 fully saturated rings. The highest BCUT2D eigenvalue weighted by Crippen LogP contribution is 2.53. The van der Waals surface area contributed by atoms with Crippen molar-refractivity contribution in [2.45, 2.75) is 11.1 Å². The first-order valence-electron chi connectivity index (χ1n) is 11.6. The standard InChI is InChI=1S/C30H31NO3/c32-23-21-31(22-24-33)29(25-13-5-1-6-14-25,26-15-7-2-8-16-26)30(34,27-17-9-3-10-18-27)28-19-11-4-12-20-28/h1-20,32-34H,21-24H2. The number of hydrogen-bond donors (Lipinski definition) is 3. The Kier molecular flexibility index (Phi) is 7.56. The molecule has 174 valence electrons. The summed E-state index contributed by atoms with van der Waals surface area (Å²) in [4.78, 5) is 2.00. The summed E-state index contributed by atoms with van der Waals surface area (Å²) in [5, 5.41) is 33.4. The first-order valence-corrected chi connectivity index (χ1v) is 11.6. The maximum absolute atomic E-state index is 13.2. The molecule has 4 rings (SSSR count). The number of benzene rings is 4. The van der Waals surface area contributed by atoms with Gasteiger partial charge in [-0.2, -0.15) is 0 Å². The molecule has 0 aliphatic heterocycles. The normalized spacial score (nSPS) is 12.1. The molecule has 3 N–H and O–H groups in total. The third-order valence-electron chi connectivity index (χ3n) is 6.50. The average molecular weight is 454 g/mol. The summed E-state index contributed by atoms with van der Waals surface area (Å²) in [6.45, 7) is 0.265. The van der Waals surface area contributed by atoms with Crippen molar-refractivity contribution in [2.24, 2.45) is 0 Å². The highest BCUT2D eigenvalue weighted by molar-refractivity contribution is 5.52. The highest BCUT2D eigenvalue weighted by Gasteiger charge is 2.58. The van der Waals surface area contributed by atoms with Gasteiger partial charge in [-0.3, -0.25) is 4.90 Å². The van der Waals surface area contributed by atoms with Crippen LogP contribution in [0.5, 0.6) is 0 Å². The Labute approximate surface area is 201 Å². The van der Waals surface area contributed by atoms with Gasteiger partial charge in [0.15, 0.2) is 0 Å². The van der Waals surface area contributed by atoms with Crippen LogP contribution in [0.2, 0.25) is 0 Å². The van der Waals surface area contributed by atoms with E-state index in [1.165, 1.54) is 0 Å². The summed E-state index contributed by atoms with van der Waals surface area (Å²) < 4.78 is 0. The quantitative estimate of drug-likeness (QED) is 0.338. The van der Waals surface area contributed by atoms with Crippen molar-refractivity contribution in [1.29, 1.82) is 0 Å². The minimum absolute atomic E-state index is 0.124. The second kappa shape index (κ2) is 10.8. The molecule has 0 aromatic heterocycles. The Morgan fingerprint density at radius 1 is 0.471 bits per heavy atom. The molecule has 0 unspecified atom stereocenters. The average Bonchev–Trinajstić information content (AvgIpc) is 2.91. The van der Waals surface area contributed by atoms with E-state index in [1.807, 2.05) is 126 Å². The van der Waals surface area contributed by atoms with E-state index < -0.39 is 11.1 Å². The second-order valence-corrected chi connectivity index (χ2v) is 8.32. The third-order valence-corrected chi connectivity index (χ3v) is 6.50. The lowest BCUT2D eigenvalue weighted by Gasteiger charge is -2.54. The zero-order valence-corrected chi connectivity index (χ0v) is 19.2. The molecule has 0 saturated carbocycles. The summed E-state index contributed by atoms with van der Waals surface area (Å²) in [5.41, 5.74) is 0.424. The predicted molar refractivity (Wildman–Crippen MR) is 135 cm³/mol. The molecule has 0 aliphatic carbocycles. The Morgan fingerprint density at radius 2 is 0.765 bits per heavy atom. The van der Waals surface area contributed by atoms with Crippen LogP contribution in [0.4, 0.5) is 0 Å². The van der Waals surface area contributed by atoms with Gasteiger partial charge in [-0.05, 0) is 22.3 Å². The van der Waals surface area contributed by atoms with Crippen LogP contribution in [0.15, 0.2) is 121 Å². The topological polar surface area (TPSA) is 63.9 Å². The van der Waals surface area contributed by atoms with Crippen molar-refractivity contribution < 1.29 is 15.3 Å². The largest absolute Gasteiger partial charge is 0.395 e. The van der Waals surface area contributed by atoms with Crippen molar-refractivity contribution in [3.05, 3.63) is 144 Å².